The number of nitrogens with zero attached hydrogens (tertiary/aromatic N) is 2. The van der Waals surface area contributed by atoms with Crippen LogP contribution in [0.5, 0.6) is 0 Å². The van der Waals surface area contributed by atoms with Gasteiger partial charge in [0.15, 0.2) is 0 Å². The summed E-state index contributed by atoms with van der Waals surface area (Å²) in [5, 5.41) is 21.7. The highest BCUT2D eigenvalue weighted by molar-refractivity contribution is 5.67. The van der Waals surface area contributed by atoms with Crippen LogP contribution in [0.2, 0.25) is 0 Å². The van der Waals surface area contributed by atoms with Crippen LogP contribution < -0.4 is 4.90 Å². The van der Waals surface area contributed by atoms with Crippen molar-refractivity contribution in [3.8, 4) is 0 Å². The summed E-state index contributed by atoms with van der Waals surface area (Å²) in [5.41, 5.74) is 0.626. The van der Waals surface area contributed by atoms with E-state index < -0.39 is 5.60 Å². The first kappa shape index (κ1) is 14.7. The first-order valence-corrected chi connectivity index (χ1v) is 6.68. The summed E-state index contributed by atoms with van der Waals surface area (Å²) in [6.07, 6.45) is 1.11. The quantitative estimate of drug-likeness (QED) is 0.673. The normalized spacial score (nSPS) is 17.8. The van der Waals surface area contributed by atoms with Crippen molar-refractivity contribution in [1.29, 1.82) is 0 Å². The molecule has 6 heteroatoms. The SMILES string of the molecule is Cc1cccc([N+](=O)[O-])c1N(C)CC1(O)CCOCC1. The van der Waals surface area contributed by atoms with Crippen molar-refractivity contribution in [2.75, 3.05) is 31.7 Å². The van der Waals surface area contributed by atoms with Gasteiger partial charge in [-0.1, -0.05) is 12.1 Å². The lowest BCUT2D eigenvalue weighted by Gasteiger charge is -2.36. The highest BCUT2D eigenvalue weighted by atomic mass is 16.6. The van der Waals surface area contributed by atoms with Gasteiger partial charge >= 0.3 is 0 Å². The minimum atomic E-state index is -0.844. The Hall–Kier alpha value is -1.66. The highest BCUT2D eigenvalue weighted by Crippen LogP contribution is 2.33. The van der Waals surface area contributed by atoms with Gasteiger partial charge in [-0.3, -0.25) is 10.1 Å². The molecular formula is C14H20N2O4. The standard InChI is InChI=1S/C14H20N2O4/c1-11-4-3-5-12(16(18)19)13(11)15(2)10-14(17)6-8-20-9-7-14/h3-5,17H,6-10H2,1-2H3. The smallest absolute Gasteiger partial charge is 0.292 e. The van der Waals surface area contributed by atoms with Crippen LogP contribution in [0.4, 0.5) is 11.4 Å². The van der Waals surface area contributed by atoms with E-state index in [0.717, 1.165) is 5.56 Å². The van der Waals surface area contributed by atoms with Crippen molar-refractivity contribution in [2.24, 2.45) is 0 Å². The number of aryl methyl sites for hydroxylation is 1. The van der Waals surface area contributed by atoms with Crippen molar-refractivity contribution in [2.45, 2.75) is 25.4 Å². The van der Waals surface area contributed by atoms with E-state index in [2.05, 4.69) is 0 Å². The third-order valence-corrected chi connectivity index (χ3v) is 3.75. The number of hydrogen-bond acceptors (Lipinski definition) is 5. The summed E-state index contributed by atoms with van der Waals surface area (Å²) >= 11 is 0. The van der Waals surface area contributed by atoms with E-state index >= 15 is 0 Å². The second-order valence-corrected chi connectivity index (χ2v) is 5.39. The van der Waals surface area contributed by atoms with Crippen LogP contribution in [0.3, 0.4) is 0 Å². The summed E-state index contributed by atoms with van der Waals surface area (Å²) in [6.45, 7) is 3.26. The summed E-state index contributed by atoms with van der Waals surface area (Å²) in [4.78, 5) is 12.5. The monoisotopic (exact) mass is 280 g/mol. The molecule has 0 spiro atoms. The van der Waals surface area contributed by atoms with E-state index in [0.29, 0.717) is 38.3 Å². The van der Waals surface area contributed by atoms with Gasteiger partial charge in [-0.2, -0.15) is 0 Å². The molecule has 6 nitrogen and oxygen atoms in total. The molecular weight excluding hydrogens is 260 g/mol. The molecule has 110 valence electrons. The lowest BCUT2D eigenvalue weighted by atomic mass is 9.93. The number of aliphatic hydroxyl groups is 1. The molecule has 0 radical (unpaired) electrons. The molecule has 0 atom stereocenters. The fourth-order valence-electron chi connectivity index (χ4n) is 2.72. The molecule has 0 aliphatic carbocycles. The van der Waals surface area contributed by atoms with Crippen LogP contribution in [0.25, 0.3) is 0 Å². The molecule has 1 aliphatic rings. The number of benzene rings is 1. The van der Waals surface area contributed by atoms with Gasteiger partial charge in [0, 0.05) is 45.7 Å². The Balaban J connectivity index is 2.24. The number of anilines is 1. The first-order valence-electron chi connectivity index (χ1n) is 6.68. The summed E-state index contributed by atoms with van der Waals surface area (Å²) in [7, 11) is 1.78. The molecule has 1 saturated heterocycles. The number of nitro groups is 1. The van der Waals surface area contributed by atoms with Gasteiger partial charge in [-0.25, -0.2) is 0 Å². The van der Waals surface area contributed by atoms with E-state index in [4.69, 9.17) is 4.74 Å². The molecule has 0 amide bonds. The number of hydrogen-bond donors (Lipinski definition) is 1. The van der Waals surface area contributed by atoms with E-state index in [1.165, 1.54) is 6.07 Å². The molecule has 20 heavy (non-hydrogen) atoms. The van der Waals surface area contributed by atoms with Crippen LogP contribution >= 0.6 is 0 Å². The topological polar surface area (TPSA) is 75.8 Å². The van der Waals surface area contributed by atoms with Gasteiger partial charge in [0.2, 0.25) is 0 Å². The van der Waals surface area contributed by atoms with Crippen molar-refractivity contribution in [3.05, 3.63) is 33.9 Å². The van der Waals surface area contributed by atoms with Gasteiger partial charge < -0.3 is 14.7 Å². The lowest BCUT2D eigenvalue weighted by Crippen LogP contribution is -2.46. The number of ether oxygens (including phenoxy) is 1. The van der Waals surface area contributed by atoms with Crippen molar-refractivity contribution < 1.29 is 14.8 Å². The molecule has 1 N–H and O–H groups in total. The van der Waals surface area contributed by atoms with E-state index in [-0.39, 0.29) is 10.6 Å². The van der Waals surface area contributed by atoms with E-state index in [1.807, 2.05) is 13.0 Å². The Morgan fingerprint density at radius 2 is 2.10 bits per heavy atom. The number of rotatable bonds is 4. The maximum atomic E-state index is 11.1. The van der Waals surface area contributed by atoms with E-state index in [1.54, 1.807) is 18.0 Å². The first-order chi connectivity index (χ1) is 9.43. The zero-order valence-corrected chi connectivity index (χ0v) is 11.8. The van der Waals surface area contributed by atoms with Crippen LogP contribution in [0, 0.1) is 17.0 Å². The highest BCUT2D eigenvalue weighted by Gasteiger charge is 2.33. The Kier molecular flexibility index (Phi) is 4.25. The van der Waals surface area contributed by atoms with Crippen molar-refractivity contribution >= 4 is 11.4 Å². The maximum Gasteiger partial charge on any atom is 0.292 e. The van der Waals surface area contributed by atoms with Gasteiger partial charge in [0.05, 0.1) is 10.5 Å². The third-order valence-electron chi connectivity index (χ3n) is 3.75. The Morgan fingerprint density at radius 3 is 2.70 bits per heavy atom. The summed E-state index contributed by atoms with van der Waals surface area (Å²) in [6, 6.07) is 5.01. The molecule has 1 aliphatic heterocycles. The minimum absolute atomic E-state index is 0.0724. The van der Waals surface area contributed by atoms with Gasteiger partial charge in [0.1, 0.15) is 5.69 Å². The van der Waals surface area contributed by atoms with Crippen LogP contribution in [0.15, 0.2) is 18.2 Å². The Labute approximate surface area is 118 Å². The average molecular weight is 280 g/mol. The second kappa shape index (κ2) is 5.76. The van der Waals surface area contributed by atoms with Crippen molar-refractivity contribution in [3.63, 3.8) is 0 Å². The average Bonchev–Trinajstić information content (AvgIpc) is 2.38. The summed E-state index contributed by atoms with van der Waals surface area (Å²) in [5.74, 6) is 0. The minimum Gasteiger partial charge on any atom is -0.388 e. The molecule has 1 fully saturated rings. The zero-order valence-electron chi connectivity index (χ0n) is 11.8. The molecule has 0 bridgehead atoms. The number of para-hydroxylation sites is 1. The lowest BCUT2D eigenvalue weighted by molar-refractivity contribution is -0.384. The van der Waals surface area contributed by atoms with Gasteiger partial charge in [-0.15, -0.1) is 0 Å². The molecule has 2 rings (SSSR count). The molecule has 0 aromatic heterocycles. The van der Waals surface area contributed by atoms with Crippen LogP contribution in [-0.2, 0) is 4.74 Å². The third kappa shape index (κ3) is 3.08. The zero-order chi connectivity index (χ0) is 14.8. The van der Waals surface area contributed by atoms with Crippen molar-refractivity contribution in [1.82, 2.24) is 0 Å². The second-order valence-electron chi connectivity index (χ2n) is 5.39. The van der Waals surface area contributed by atoms with Gasteiger partial charge in [-0.05, 0) is 12.5 Å². The molecule has 0 saturated carbocycles. The maximum absolute atomic E-state index is 11.1. The number of nitro benzene ring substituents is 1. The molecule has 1 heterocycles. The van der Waals surface area contributed by atoms with Crippen LogP contribution in [-0.4, -0.2) is 42.4 Å². The predicted octanol–water partition coefficient (Wildman–Crippen LogP) is 1.88. The Morgan fingerprint density at radius 1 is 1.45 bits per heavy atom. The van der Waals surface area contributed by atoms with E-state index in [9.17, 15) is 15.2 Å². The summed E-state index contributed by atoms with van der Waals surface area (Å²) < 4.78 is 5.25. The largest absolute Gasteiger partial charge is 0.388 e. The molecule has 1 aromatic carbocycles. The fraction of sp³-hybridized carbons (Fsp3) is 0.571. The van der Waals surface area contributed by atoms with Crippen LogP contribution in [0.1, 0.15) is 18.4 Å². The number of likely N-dealkylation sites (N-methyl/N-ethyl adjacent to an activating group) is 1. The fourth-order valence-corrected chi connectivity index (χ4v) is 2.72. The van der Waals surface area contributed by atoms with Gasteiger partial charge in [0.25, 0.3) is 5.69 Å². The Bertz CT molecular complexity index is 498. The molecule has 1 aromatic rings. The predicted molar refractivity (Wildman–Crippen MR) is 76.1 cm³/mol. The molecule has 0 unspecified atom stereocenters.